The number of carbonyl (C=O) groups excluding carboxylic acids is 1. The Morgan fingerprint density at radius 3 is 1.91 bits per heavy atom. The van der Waals surface area contributed by atoms with E-state index in [-0.39, 0.29) is 24.2 Å². The van der Waals surface area contributed by atoms with Crippen molar-refractivity contribution in [1.82, 2.24) is 10.6 Å². The van der Waals surface area contributed by atoms with Crippen LogP contribution in [0.15, 0.2) is 60.7 Å². The molecule has 2 N–H and O–H groups in total. The SMILES string of the molecule is CCNCCNC(=O)CC(c1ccccc1)c1ccccc1.Cl. The average Bonchev–Trinajstić information content (AvgIpc) is 2.58. The van der Waals surface area contributed by atoms with Gasteiger partial charge in [-0.15, -0.1) is 12.4 Å². The van der Waals surface area contributed by atoms with Crippen LogP contribution in [0.1, 0.15) is 30.4 Å². The summed E-state index contributed by atoms with van der Waals surface area (Å²) >= 11 is 0. The van der Waals surface area contributed by atoms with Gasteiger partial charge in [0.1, 0.15) is 0 Å². The number of likely N-dealkylation sites (N-methyl/N-ethyl adjacent to an activating group) is 1. The normalized spacial score (nSPS) is 10.2. The number of benzene rings is 2. The second kappa shape index (κ2) is 10.8. The van der Waals surface area contributed by atoms with Crippen LogP contribution >= 0.6 is 12.4 Å². The Morgan fingerprint density at radius 2 is 1.43 bits per heavy atom. The Labute approximate surface area is 144 Å². The lowest BCUT2D eigenvalue weighted by Crippen LogP contribution is -2.32. The fourth-order valence-corrected chi connectivity index (χ4v) is 2.52. The molecule has 4 heteroatoms. The first-order valence-electron chi connectivity index (χ1n) is 7.88. The molecule has 0 atom stereocenters. The van der Waals surface area contributed by atoms with Gasteiger partial charge in [-0.2, -0.15) is 0 Å². The first kappa shape index (κ1) is 19.2. The summed E-state index contributed by atoms with van der Waals surface area (Å²) in [5, 5.41) is 6.19. The highest BCUT2D eigenvalue weighted by Crippen LogP contribution is 2.27. The molecule has 0 radical (unpaired) electrons. The molecule has 0 fully saturated rings. The van der Waals surface area contributed by atoms with Gasteiger partial charge in [0.25, 0.3) is 0 Å². The highest BCUT2D eigenvalue weighted by Gasteiger charge is 2.17. The van der Waals surface area contributed by atoms with Crippen molar-refractivity contribution in [2.75, 3.05) is 19.6 Å². The summed E-state index contributed by atoms with van der Waals surface area (Å²) in [5.41, 5.74) is 2.35. The minimum absolute atomic E-state index is 0. The van der Waals surface area contributed by atoms with E-state index in [1.165, 1.54) is 11.1 Å². The zero-order valence-electron chi connectivity index (χ0n) is 13.5. The molecule has 3 nitrogen and oxygen atoms in total. The molecule has 0 aromatic heterocycles. The summed E-state index contributed by atoms with van der Waals surface area (Å²) in [6.45, 7) is 4.46. The first-order valence-corrected chi connectivity index (χ1v) is 7.88. The lowest BCUT2D eigenvalue weighted by Gasteiger charge is -2.18. The molecule has 0 heterocycles. The van der Waals surface area contributed by atoms with E-state index in [9.17, 15) is 4.79 Å². The highest BCUT2D eigenvalue weighted by atomic mass is 35.5. The number of amides is 1. The molecular formula is C19H25ClN2O. The van der Waals surface area contributed by atoms with Gasteiger partial charge in [0, 0.05) is 25.4 Å². The van der Waals surface area contributed by atoms with Gasteiger partial charge < -0.3 is 10.6 Å². The molecule has 0 saturated carbocycles. The molecule has 0 unspecified atom stereocenters. The summed E-state index contributed by atoms with van der Waals surface area (Å²) in [7, 11) is 0. The van der Waals surface area contributed by atoms with Crippen LogP contribution in [0.3, 0.4) is 0 Å². The molecule has 0 aliphatic rings. The molecule has 0 bridgehead atoms. The van der Waals surface area contributed by atoms with Gasteiger partial charge in [-0.3, -0.25) is 4.79 Å². The van der Waals surface area contributed by atoms with Gasteiger partial charge in [0.2, 0.25) is 5.91 Å². The van der Waals surface area contributed by atoms with E-state index in [1.807, 2.05) is 36.4 Å². The molecule has 0 aliphatic carbocycles. The largest absolute Gasteiger partial charge is 0.355 e. The van der Waals surface area contributed by atoms with E-state index in [0.717, 1.165) is 13.1 Å². The second-order valence-electron chi connectivity index (χ2n) is 5.28. The van der Waals surface area contributed by atoms with Crippen molar-refractivity contribution in [3.05, 3.63) is 71.8 Å². The van der Waals surface area contributed by atoms with E-state index in [4.69, 9.17) is 0 Å². The smallest absolute Gasteiger partial charge is 0.220 e. The van der Waals surface area contributed by atoms with Crippen LogP contribution in [0.25, 0.3) is 0 Å². The van der Waals surface area contributed by atoms with Gasteiger partial charge in [-0.1, -0.05) is 67.6 Å². The minimum Gasteiger partial charge on any atom is -0.355 e. The summed E-state index contributed by atoms with van der Waals surface area (Å²) in [5.74, 6) is 0.192. The zero-order chi connectivity index (χ0) is 15.6. The maximum absolute atomic E-state index is 12.2. The van der Waals surface area contributed by atoms with Crippen LogP contribution in [0.4, 0.5) is 0 Å². The highest BCUT2D eigenvalue weighted by molar-refractivity contribution is 5.85. The Kier molecular flexibility index (Phi) is 9.03. The maximum Gasteiger partial charge on any atom is 0.220 e. The van der Waals surface area contributed by atoms with Crippen LogP contribution in [0.5, 0.6) is 0 Å². The van der Waals surface area contributed by atoms with Gasteiger partial charge in [0.15, 0.2) is 0 Å². The van der Waals surface area contributed by atoms with Crippen LogP contribution in [-0.4, -0.2) is 25.5 Å². The molecule has 0 saturated heterocycles. The molecule has 1 amide bonds. The predicted octanol–water partition coefficient (Wildman–Crippen LogP) is 3.36. The van der Waals surface area contributed by atoms with E-state index in [2.05, 4.69) is 41.8 Å². The maximum atomic E-state index is 12.2. The zero-order valence-corrected chi connectivity index (χ0v) is 14.3. The molecule has 0 aliphatic heterocycles. The third kappa shape index (κ3) is 6.43. The lowest BCUT2D eigenvalue weighted by atomic mass is 9.88. The van der Waals surface area contributed by atoms with Crippen molar-refractivity contribution in [3.63, 3.8) is 0 Å². The van der Waals surface area contributed by atoms with Crippen molar-refractivity contribution >= 4 is 18.3 Å². The van der Waals surface area contributed by atoms with Crippen molar-refractivity contribution in [1.29, 1.82) is 0 Å². The molecular weight excluding hydrogens is 308 g/mol. The predicted molar refractivity (Wildman–Crippen MR) is 98.1 cm³/mol. The second-order valence-corrected chi connectivity index (χ2v) is 5.28. The monoisotopic (exact) mass is 332 g/mol. The quantitative estimate of drug-likeness (QED) is 0.728. The topological polar surface area (TPSA) is 41.1 Å². The van der Waals surface area contributed by atoms with Crippen LogP contribution < -0.4 is 10.6 Å². The van der Waals surface area contributed by atoms with E-state index >= 15 is 0 Å². The summed E-state index contributed by atoms with van der Waals surface area (Å²) in [6, 6.07) is 20.4. The Morgan fingerprint density at radius 1 is 0.913 bits per heavy atom. The van der Waals surface area contributed by atoms with Crippen LogP contribution in [-0.2, 0) is 4.79 Å². The molecule has 23 heavy (non-hydrogen) atoms. The Balaban J connectivity index is 0.00000264. The number of halogens is 1. The van der Waals surface area contributed by atoms with Gasteiger partial charge in [0.05, 0.1) is 0 Å². The number of hydrogen-bond donors (Lipinski definition) is 2. The van der Waals surface area contributed by atoms with E-state index in [1.54, 1.807) is 0 Å². The van der Waals surface area contributed by atoms with E-state index < -0.39 is 0 Å². The molecule has 0 spiro atoms. The number of carbonyl (C=O) groups is 1. The third-order valence-electron chi connectivity index (χ3n) is 3.67. The number of nitrogens with one attached hydrogen (secondary N) is 2. The minimum atomic E-state index is 0. The van der Waals surface area contributed by atoms with Gasteiger partial charge in [-0.25, -0.2) is 0 Å². The fraction of sp³-hybridized carbons (Fsp3) is 0.316. The lowest BCUT2D eigenvalue weighted by molar-refractivity contribution is -0.121. The molecule has 2 aromatic carbocycles. The fourth-order valence-electron chi connectivity index (χ4n) is 2.52. The summed E-state index contributed by atoms with van der Waals surface area (Å²) in [4.78, 5) is 12.2. The standard InChI is InChI=1S/C19H24N2O.ClH/c1-2-20-13-14-21-19(22)15-18(16-9-5-3-6-10-16)17-11-7-4-8-12-17;/h3-12,18,20H,2,13-15H2,1H3,(H,21,22);1H. The summed E-state index contributed by atoms with van der Waals surface area (Å²) < 4.78 is 0. The molecule has 2 rings (SSSR count). The average molecular weight is 333 g/mol. The van der Waals surface area contributed by atoms with Crippen molar-refractivity contribution < 1.29 is 4.79 Å². The number of hydrogen-bond acceptors (Lipinski definition) is 2. The van der Waals surface area contributed by atoms with Gasteiger partial charge >= 0.3 is 0 Å². The summed E-state index contributed by atoms with van der Waals surface area (Å²) in [6.07, 6.45) is 0.472. The Bertz CT molecular complexity index is 521. The molecule has 2 aromatic rings. The van der Waals surface area contributed by atoms with Crippen molar-refractivity contribution in [2.45, 2.75) is 19.3 Å². The van der Waals surface area contributed by atoms with Crippen LogP contribution in [0.2, 0.25) is 0 Å². The van der Waals surface area contributed by atoms with Crippen molar-refractivity contribution in [2.24, 2.45) is 0 Å². The van der Waals surface area contributed by atoms with E-state index in [0.29, 0.717) is 13.0 Å². The number of rotatable bonds is 8. The van der Waals surface area contributed by atoms with Crippen molar-refractivity contribution in [3.8, 4) is 0 Å². The third-order valence-corrected chi connectivity index (χ3v) is 3.67. The Hall–Kier alpha value is -1.84. The van der Waals surface area contributed by atoms with Crippen LogP contribution in [0, 0.1) is 0 Å². The molecule has 124 valence electrons. The first-order chi connectivity index (χ1) is 10.8. The van der Waals surface area contributed by atoms with Gasteiger partial charge in [-0.05, 0) is 17.7 Å².